The van der Waals surface area contributed by atoms with Crippen molar-refractivity contribution in [2.75, 3.05) is 5.73 Å². The highest BCUT2D eigenvalue weighted by molar-refractivity contribution is 5.74. The monoisotopic (exact) mass is 228 g/mol. The first-order chi connectivity index (χ1) is 8.08. The van der Waals surface area contributed by atoms with Gasteiger partial charge in [0.15, 0.2) is 0 Å². The van der Waals surface area contributed by atoms with Crippen LogP contribution < -0.4 is 5.73 Å². The van der Waals surface area contributed by atoms with E-state index >= 15 is 0 Å². The van der Waals surface area contributed by atoms with E-state index in [1.165, 1.54) is 0 Å². The second kappa shape index (κ2) is 4.25. The van der Waals surface area contributed by atoms with Crippen LogP contribution in [0.15, 0.2) is 42.5 Å². The molecular weight excluding hydrogens is 216 g/mol. The van der Waals surface area contributed by atoms with Gasteiger partial charge in [-0.05, 0) is 36.2 Å². The minimum absolute atomic E-state index is 0.120. The third-order valence-corrected chi connectivity index (χ3v) is 2.57. The first-order valence-electron chi connectivity index (χ1n) is 5.19. The van der Waals surface area contributed by atoms with Gasteiger partial charge in [0.05, 0.1) is 10.5 Å². The number of nitro benzene ring substituents is 1. The smallest absolute Gasteiger partial charge is 0.277 e. The van der Waals surface area contributed by atoms with Crippen LogP contribution in [-0.4, -0.2) is 4.92 Å². The molecule has 0 aromatic heterocycles. The van der Waals surface area contributed by atoms with Gasteiger partial charge < -0.3 is 5.73 Å². The van der Waals surface area contributed by atoms with Crippen molar-refractivity contribution in [2.24, 2.45) is 0 Å². The van der Waals surface area contributed by atoms with Crippen molar-refractivity contribution < 1.29 is 4.92 Å². The third-order valence-electron chi connectivity index (χ3n) is 2.57. The number of nitro groups is 1. The van der Waals surface area contributed by atoms with Gasteiger partial charge in [0.2, 0.25) is 0 Å². The molecule has 0 radical (unpaired) electrons. The number of aryl methyl sites for hydroxylation is 1. The van der Waals surface area contributed by atoms with E-state index in [0.29, 0.717) is 11.3 Å². The molecule has 0 aliphatic carbocycles. The average Bonchev–Trinajstić information content (AvgIpc) is 2.30. The predicted molar refractivity (Wildman–Crippen MR) is 67.7 cm³/mol. The van der Waals surface area contributed by atoms with Crippen LogP contribution in [0.3, 0.4) is 0 Å². The highest BCUT2D eigenvalue weighted by Gasteiger charge is 2.14. The Kier molecular flexibility index (Phi) is 2.78. The molecule has 86 valence electrons. The summed E-state index contributed by atoms with van der Waals surface area (Å²) in [7, 11) is 0. The van der Waals surface area contributed by atoms with E-state index in [4.69, 9.17) is 5.73 Å². The topological polar surface area (TPSA) is 69.2 Å². The van der Waals surface area contributed by atoms with Crippen molar-refractivity contribution in [3.8, 4) is 11.1 Å². The summed E-state index contributed by atoms with van der Waals surface area (Å²) < 4.78 is 0. The van der Waals surface area contributed by atoms with Gasteiger partial charge in [0, 0.05) is 11.8 Å². The lowest BCUT2D eigenvalue weighted by Gasteiger charge is -2.04. The van der Waals surface area contributed by atoms with Crippen molar-refractivity contribution >= 4 is 11.4 Å². The standard InChI is InChI=1S/C13H12N2O2/c1-9-2-7-12(13(8-9)15(16)17)10-3-5-11(14)6-4-10/h2-8H,14H2,1H3. The summed E-state index contributed by atoms with van der Waals surface area (Å²) in [5.41, 5.74) is 8.64. The maximum atomic E-state index is 11.0. The summed E-state index contributed by atoms with van der Waals surface area (Å²) in [5, 5.41) is 11.0. The molecule has 2 N–H and O–H groups in total. The summed E-state index contributed by atoms with van der Waals surface area (Å²) in [5.74, 6) is 0. The van der Waals surface area contributed by atoms with Crippen molar-refractivity contribution in [2.45, 2.75) is 6.92 Å². The van der Waals surface area contributed by atoms with Crippen LogP contribution in [0.5, 0.6) is 0 Å². The minimum atomic E-state index is -0.362. The van der Waals surface area contributed by atoms with E-state index in [9.17, 15) is 10.1 Å². The number of nitrogen functional groups attached to an aromatic ring is 1. The van der Waals surface area contributed by atoms with Gasteiger partial charge in [-0.2, -0.15) is 0 Å². The molecule has 0 aliphatic heterocycles. The molecular formula is C13H12N2O2. The van der Waals surface area contributed by atoms with E-state index in [1.54, 1.807) is 36.4 Å². The number of rotatable bonds is 2. The van der Waals surface area contributed by atoms with E-state index < -0.39 is 0 Å². The highest BCUT2D eigenvalue weighted by Crippen LogP contribution is 2.30. The Hall–Kier alpha value is -2.36. The number of benzene rings is 2. The van der Waals surface area contributed by atoms with E-state index in [2.05, 4.69) is 0 Å². The zero-order valence-electron chi connectivity index (χ0n) is 9.38. The minimum Gasteiger partial charge on any atom is -0.399 e. The number of anilines is 1. The maximum Gasteiger partial charge on any atom is 0.277 e. The van der Waals surface area contributed by atoms with Gasteiger partial charge in [-0.3, -0.25) is 10.1 Å². The lowest BCUT2D eigenvalue weighted by atomic mass is 10.0. The van der Waals surface area contributed by atoms with Gasteiger partial charge in [0.25, 0.3) is 5.69 Å². The lowest BCUT2D eigenvalue weighted by molar-refractivity contribution is -0.384. The highest BCUT2D eigenvalue weighted by atomic mass is 16.6. The summed E-state index contributed by atoms with van der Waals surface area (Å²) in [6, 6.07) is 12.2. The summed E-state index contributed by atoms with van der Waals surface area (Å²) in [6.45, 7) is 1.83. The lowest BCUT2D eigenvalue weighted by Crippen LogP contribution is -1.93. The van der Waals surface area contributed by atoms with Gasteiger partial charge in [-0.25, -0.2) is 0 Å². The molecule has 0 atom stereocenters. The fourth-order valence-electron chi connectivity index (χ4n) is 1.70. The van der Waals surface area contributed by atoms with Crippen LogP contribution in [0.1, 0.15) is 5.56 Å². The Labute approximate surface area is 98.8 Å². The van der Waals surface area contributed by atoms with E-state index in [-0.39, 0.29) is 10.6 Å². The molecule has 0 unspecified atom stereocenters. The predicted octanol–water partition coefficient (Wildman–Crippen LogP) is 3.15. The molecule has 0 bridgehead atoms. The number of nitrogens with two attached hydrogens (primary N) is 1. The third kappa shape index (κ3) is 2.25. The fraction of sp³-hybridized carbons (Fsp3) is 0.0769. The second-order valence-corrected chi connectivity index (χ2v) is 3.90. The Morgan fingerprint density at radius 2 is 1.76 bits per heavy atom. The fourth-order valence-corrected chi connectivity index (χ4v) is 1.70. The Morgan fingerprint density at radius 3 is 2.35 bits per heavy atom. The number of hydrogen-bond donors (Lipinski definition) is 1. The normalized spacial score (nSPS) is 10.2. The van der Waals surface area contributed by atoms with E-state index in [1.807, 2.05) is 13.0 Å². The van der Waals surface area contributed by atoms with Crippen LogP contribution >= 0.6 is 0 Å². The number of nitrogens with zero attached hydrogens (tertiary/aromatic N) is 1. The van der Waals surface area contributed by atoms with Crippen LogP contribution in [0.4, 0.5) is 11.4 Å². The van der Waals surface area contributed by atoms with Gasteiger partial charge in [0.1, 0.15) is 0 Å². The first-order valence-corrected chi connectivity index (χ1v) is 5.19. The van der Waals surface area contributed by atoms with Crippen LogP contribution in [-0.2, 0) is 0 Å². The number of hydrogen-bond acceptors (Lipinski definition) is 3. The molecule has 2 aromatic carbocycles. The summed E-state index contributed by atoms with van der Waals surface area (Å²) in [4.78, 5) is 10.6. The SMILES string of the molecule is Cc1ccc(-c2ccc(N)cc2)c([N+](=O)[O-])c1. The molecule has 0 saturated heterocycles. The van der Waals surface area contributed by atoms with Crippen molar-refractivity contribution in [3.63, 3.8) is 0 Å². The molecule has 4 nitrogen and oxygen atoms in total. The van der Waals surface area contributed by atoms with Crippen LogP contribution in [0.2, 0.25) is 0 Å². The van der Waals surface area contributed by atoms with Crippen LogP contribution in [0, 0.1) is 17.0 Å². The summed E-state index contributed by atoms with van der Waals surface area (Å²) in [6.07, 6.45) is 0. The quantitative estimate of drug-likeness (QED) is 0.487. The molecule has 0 heterocycles. The Morgan fingerprint density at radius 1 is 1.12 bits per heavy atom. The maximum absolute atomic E-state index is 11.0. The van der Waals surface area contributed by atoms with Gasteiger partial charge in [-0.15, -0.1) is 0 Å². The van der Waals surface area contributed by atoms with Gasteiger partial charge in [-0.1, -0.05) is 18.2 Å². The molecule has 0 aliphatic rings. The van der Waals surface area contributed by atoms with Crippen molar-refractivity contribution in [3.05, 3.63) is 58.1 Å². The molecule has 2 aromatic rings. The van der Waals surface area contributed by atoms with Crippen molar-refractivity contribution in [1.29, 1.82) is 0 Å². The summed E-state index contributed by atoms with van der Waals surface area (Å²) >= 11 is 0. The second-order valence-electron chi connectivity index (χ2n) is 3.90. The molecule has 4 heteroatoms. The molecule has 2 rings (SSSR count). The van der Waals surface area contributed by atoms with Gasteiger partial charge >= 0.3 is 0 Å². The van der Waals surface area contributed by atoms with Crippen LogP contribution in [0.25, 0.3) is 11.1 Å². The largest absolute Gasteiger partial charge is 0.399 e. The zero-order chi connectivity index (χ0) is 12.4. The Bertz CT molecular complexity index is 562. The molecule has 17 heavy (non-hydrogen) atoms. The first kappa shape index (κ1) is 11.1. The average molecular weight is 228 g/mol. The molecule has 0 spiro atoms. The van der Waals surface area contributed by atoms with E-state index in [0.717, 1.165) is 11.1 Å². The molecule has 0 saturated carbocycles. The zero-order valence-corrected chi connectivity index (χ0v) is 9.38. The Balaban J connectivity index is 2.58. The molecule has 0 amide bonds. The molecule has 0 fully saturated rings. The van der Waals surface area contributed by atoms with Crippen molar-refractivity contribution in [1.82, 2.24) is 0 Å².